The quantitative estimate of drug-likeness (QED) is 0.557. The predicted molar refractivity (Wildman–Crippen MR) is 71.7 cm³/mol. The molecule has 2 saturated carbocycles. The van der Waals surface area contributed by atoms with Crippen LogP contribution in [0.4, 0.5) is 0 Å². The molecular weight excluding hydrogens is 204 g/mol. The second-order valence-electron chi connectivity index (χ2n) is 6.33. The van der Waals surface area contributed by atoms with E-state index >= 15 is 0 Å². The third-order valence-electron chi connectivity index (χ3n) is 5.54. The van der Waals surface area contributed by atoms with Crippen LogP contribution < -0.4 is 0 Å². The monoisotopic (exact) mass is 226 g/mol. The predicted octanol–water partition coefficient (Wildman–Crippen LogP) is 4.79. The first-order valence-corrected chi connectivity index (χ1v) is 7.54. The Labute approximate surface area is 104 Å². The van der Waals surface area contributed by atoms with E-state index < -0.39 is 0 Å². The van der Waals surface area contributed by atoms with Crippen LogP contribution in [0.3, 0.4) is 0 Å². The minimum Gasteiger partial charge on any atom is -0.0807 e. The van der Waals surface area contributed by atoms with Crippen molar-refractivity contribution in [3.63, 3.8) is 0 Å². The van der Waals surface area contributed by atoms with Gasteiger partial charge in [0.1, 0.15) is 0 Å². The van der Waals surface area contributed by atoms with E-state index in [0.29, 0.717) is 0 Å². The topological polar surface area (TPSA) is 0 Å². The van der Waals surface area contributed by atoms with Gasteiger partial charge in [-0.2, -0.15) is 0 Å². The molecule has 0 heterocycles. The summed E-state index contributed by atoms with van der Waals surface area (Å²) < 4.78 is 0. The first kappa shape index (κ1) is 10.2. The number of hydrogen-bond acceptors (Lipinski definition) is 0. The van der Waals surface area contributed by atoms with E-state index in [2.05, 4.69) is 18.2 Å². The molecule has 0 aliphatic heterocycles. The summed E-state index contributed by atoms with van der Waals surface area (Å²) in [5.41, 5.74) is 5.28. The van der Waals surface area contributed by atoms with Crippen molar-refractivity contribution >= 4 is 0 Å². The zero-order valence-electron chi connectivity index (χ0n) is 10.6. The molecule has 90 valence electrons. The molecule has 0 radical (unpaired) electrons. The van der Waals surface area contributed by atoms with Gasteiger partial charge in [0.15, 0.2) is 0 Å². The average Bonchev–Trinajstić information content (AvgIpc) is 2.86. The molecule has 0 N–H and O–H groups in total. The Balaban J connectivity index is 1.74. The van der Waals surface area contributed by atoms with Gasteiger partial charge < -0.3 is 0 Å². The molecule has 0 aromatic heterocycles. The van der Waals surface area contributed by atoms with Gasteiger partial charge in [0.05, 0.1) is 0 Å². The van der Waals surface area contributed by atoms with Gasteiger partial charge in [-0.1, -0.05) is 23.8 Å². The molecule has 0 aromatic rings. The summed E-state index contributed by atoms with van der Waals surface area (Å²) in [6.45, 7) is 0. The molecule has 0 heteroatoms. The van der Waals surface area contributed by atoms with E-state index in [9.17, 15) is 0 Å². The Morgan fingerprint density at radius 3 is 2.82 bits per heavy atom. The third-order valence-corrected chi connectivity index (χ3v) is 5.54. The maximum atomic E-state index is 2.57. The van der Waals surface area contributed by atoms with Crippen LogP contribution in [0.15, 0.2) is 34.9 Å². The Bertz CT molecular complexity index is 421. The van der Waals surface area contributed by atoms with Gasteiger partial charge >= 0.3 is 0 Å². The van der Waals surface area contributed by atoms with Gasteiger partial charge in [-0.15, -0.1) is 0 Å². The minimum atomic E-state index is 0.901. The van der Waals surface area contributed by atoms with Gasteiger partial charge in [-0.3, -0.25) is 0 Å². The lowest BCUT2D eigenvalue weighted by atomic mass is 9.64. The van der Waals surface area contributed by atoms with Crippen molar-refractivity contribution in [2.75, 3.05) is 0 Å². The van der Waals surface area contributed by atoms with Crippen molar-refractivity contribution in [1.82, 2.24) is 0 Å². The molecule has 0 nitrogen and oxygen atoms in total. The molecule has 0 amide bonds. The normalized spacial score (nSPS) is 39.5. The highest BCUT2D eigenvalue weighted by Gasteiger charge is 2.39. The molecule has 4 aliphatic carbocycles. The van der Waals surface area contributed by atoms with Crippen LogP contribution >= 0.6 is 0 Å². The second-order valence-corrected chi connectivity index (χ2v) is 6.33. The van der Waals surface area contributed by atoms with Crippen LogP contribution in [0.5, 0.6) is 0 Å². The van der Waals surface area contributed by atoms with Crippen LogP contribution in [0, 0.1) is 17.8 Å². The number of allylic oxidation sites excluding steroid dienone is 6. The van der Waals surface area contributed by atoms with Gasteiger partial charge in [0.2, 0.25) is 0 Å². The second kappa shape index (κ2) is 3.86. The Morgan fingerprint density at radius 1 is 0.824 bits per heavy atom. The molecule has 0 saturated heterocycles. The van der Waals surface area contributed by atoms with E-state index in [1.165, 1.54) is 51.4 Å². The lowest BCUT2D eigenvalue weighted by Gasteiger charge is -2.41. The van der Waals surface area contributed by atoms with Crippen LogP contribution in [0.2, 0.25) is 0 Å². The van der Waals surface area contributed by atoms with Crippen LogP contribution in [-0.4, -0.2) is 0 Å². The van der Waals surface area contributed by atoms with Gasteiger partial charge in [0.25, 0.3) is 0 Å². The highest BCUT2D eigenvalue weighted by atomic mass is 14.4. The fourth-order valence-electron chi connectivity index (χ4n) is 4.75. The van der Waals surface area contributed by atoms with Crippen LogP contribution in [0.25, 0.3) is 0 Å². The third kappa shape index (κ3) is 1.49. The lowest BCUT2D eigenvalue weighted by molar-refractivity contribution is 0.320. The summed E-state index contributed by atoms with van der Waals surface area (Å²) in [6.07, 6.45) is 19.0. The van der Waals surface area contributed by atoms with Crippen molar-refractivity contribution in [3.8, 4) is 0 Å². The molecule has 2 fully saturated rings. The molecule has 3 unspecified atom stereocenters. The summed E-state index contributed by atoms with van der Waals surface area (Å²) in [4.78, 5) is 0. The molecule has 17 heavy (non-hydrogen) atoms. The maximum absolute atomic E-state index is 2.57. The smallest absolute Gasteiger partial charge is 0.00933 e. The zero-order chi connectivity index (χ0) is 11.2. The zero-order valence-corrected chi connectivity index (χ0v) is 10.6. The van der Waals surface area contributed by atoms with Crippen LogP contribution in [-0.2, 0) is 0 Å². The Hall–Kier alpha value is -0.780. The summed E-state index contributed by atoms with van der Waals surface area (Å²) in [6, 6.07) is 0. The van der Waals surface area contributed by atoms with Crippen molar-refractivity contribution < 1.29 is 0 Å². The fourth-order valence-corrected chi connectivity index (χ4v) is 4.75. The largest absolute Gasteiger partial charge is 0.0807 e. The first-order valence-electron chi connectivity index (χ1n) is 7.54. The standard InChI is InChI=1S/C17H22/c1-2-6-14-12(4-1)8-10-17-15-7-3-5-13(15)9-11-16(14)17/h6,9,11-12,15,17H,1-5,7-8,10H2. The summed E-state index contributed by atoms with van der Waals surface area (Å²) in [7, 11) is 0. The van der Waals surface area contributed by atoms with Crippen molar-refractivity contribution in [2.45, 2.75) is 51.4 Å². The molecule has 0 aromatic carbocycles. The molecular formula is C17H22. The number of fused-ring (bicyclic) bond motifs is 5. The van der Waals surface area contributed by atoms with E-state index in [4.69, 9.17) is 0 Å². The fraction of sp³-hybridized carbons (Fsp3) is 0.647. The molecule has 4 rings (SSSR count). The van der Waals surface area contributed by atoms with Crippen molar-refractivity contribution in [3.05, 3.63) is 34.9 Å². The maximum Gasteiger partial charge on any atom is -0.00933 e. The van der Waals surface area contributed by atoms with Gasteiger partial charge in [-0.05, 0) is 80.3 Å². The van der Waals surface area contributed by atoms with E-state index in [0.717, 1.165) is 17.8 Å². The number of hydrogen-bond donors (Lipinski definition) is 0. The van der Waals surface area contributed by atoms with Crippen molar-refractivity contribution in [2.24, 2.45) is 17.8 Å². The summed E-state index contributed by atoms with van der Waals surface area (Å²) >= 11 is 0. The minimum absolute atomic E-state index is 0.901. The molecule has 3 atom stereocenters. The highest BCUT2D eigenvalue weighted by molar-refractivity contribution is 5.45. The summed E-state index contributed by atoms with van der Waals surface area (Å²) in [5, 5.41) is 0. The highest BCUT2D eigenvalue weighted by Crippen LogP contribution is 2.52. The molecule has 4 aliphatic rings. The molecule has 0 bridgehead atoms. The van der Waals surface area contributed by atoms with E-state index in [1.54, 1.807) is 16.7 Å². The summed E-state index contributed by atoms with van der Waals surface area (Å²) in [5.74, 6) is 2.75. The average molecular weight is 226 g/mol. The molecule has 0 spiro atoms. The van der Waals surface area contributed by atoms with Gasteiger partial charge in [0, 0.05) is 0 Å². The van der Waals surface area contributed by atoms with Gasteiger partial charge in [-0.25, -0.2) is 0 Å². The lowest BCUT2D eigenvalue weighted by Crippen LogP contribution is -2.28. The van der Waals surface area contributed by atoms with Crippen molar-refractivity contribution in [1.29, 1.82) is 0 Å². The SMILES string of the molecule is C1=C2C3=CC=C4CCCC4C3CCC2CCC1. The van der Waals surface area contributed by atoms with Crippen LogP contribution in [0.1, 0.15) is 51.4 Å². The number of rotatable bonds is 0. The Kier molecular flexibility index (Phi) is 2.31. The Morgan fingerprint density at radius 2 is 1.82 bits per heavy atom. The van der Waals surface area contributed by atoms with E-state index in [-0.39, 0.29) is 0 Å². The van der Waals surface area contributed by atoms with E-state index in [1.807, 2.05) is 0 Å². The first-order chi connectivity index (χ1) is 8.43.